The highest BCUT2D eigenvalue weighted by Gasteiger charge is 1.94. The van der Waals surface area contributed by atoms with Crippen LogP contribution in [0.3, 0.4) is 0 Å². The Morgan fingerprint density at radius 2 is 1.90 bits per heavy atom. The van der Waals surface area contributed by atoms with E-state index in [2.05, 4.69) is 45.8 Å². The van der Waals surface area contributed by atoms with Crippen LogP contribution < -0.4 is 0 Å². The molecule has 0 unspecified atom stereocenters. The van der Waals surface area contributed by atoms with Gasteiger partial charge in [0.2, 0.25) is 0 Å². The molecule has 0 aromatic carbocycles. The van der Waals surface area contributed by atoms with Gasteiger partial charge in [-0.3, -0.25) is 0 Å². The van der Waals surface area contributed by atoms with Gasteiger partial charge in [0.05, 0.1) is 0 Å². The van der Waals surface area contributed by atoms with Crippen molar-refractivity contribution in [3.8, 4) is 0 Å². The van der Waals surface area contributed by atoms with E-state index >= 15 is 0 Å². The van der Waals surface area contributed by atoms with Gasteiger partial charge in [0.15, 0.2) is 0 Å². The quantitative estimate of drug-likeness (QED) is 0.544. The lowest BCUT2D eigenvalue weighted by Gasteiger charge is -2.08. The Hall–Kier alpha value is -0.300. The smallest absolute Gasteiger partial charge is 0.0159 e. The predicted molar refractivity (Wildman–Crippen MR) is 47.1 cm³/mol. The average molecular weight is 141 g/mol. The summed E-state index contributed by atoms with van der Waals surface area (Å²) in [4.78, 5) is 2.17. The van der Waals surface area contributed by atoms with E-state index in [-0.39, 0.29) is 0 Å². The molecular weight excluding hydrogens is 122 g/mol. The lowest BCUT2D eigenvalue weighted by molar-refractivity contribution is 0.454. The second kappa shape index (κ2) is 4.51. The van der Waals surface area contributed by atoms with Crippen LogP contribution in [0.15, 0.2) is 11.6 Å². The first-order valence-corrected chi connectivity index (χ1v) is 3.85. The van der Waals surface area contributed by atoms with Crippen LogP contribution in [0, 0.1) is 5.92 Å². The van der Waals surface area contributed by atoms with Gasteiger partial charge in [-0.15, -0.1) is 0 Å². The molecular formula is C9H19N. The van der Waals surface area contributed by atoms with E-state index < -0.39 is 0 Å². The first-order valence-electron chi connectivity index (χ1n) is 3.85. The molecule has 0 amide bonds. The molecule has 0 fully saturated rings. The van der Waals surface area contributed by atoms with Crippen molar-refractivity contribution in [3.63, 3.8) is 0 Å². The Bertz CT molecular complexity index is 112. The van der Waals surface area contributed by atoms with Crippen molar-refractivity contribution in [2.75, 3.05) is 20.6 Å². The zero-order valence-corrected chi connectivity index (χ0v) is 7.81. The number of hydrogen-bond acceptors (Lipinski definition) is 1. The fraction of sp³-hybridized carbons (Fsp3) is 0.778. The number of hydrogen-bond donors (Lipinski definition) is 0. The van der Waals surface area contributed by atoms with E-state index in [9.17, 15) is 0 Å². The van der Waals surface area contributed by atoms with Crippen molar-refractivity contribution < 1.29 is 0 Å². The van der Waals surface area contributed by atoms with Crippen LogP contribution in [0.5, 0.6) is 0 Å². The highest BCUT2D eigenvalue weighted by molar-refractivity contribution is 5.01. The third-order valence-electron chi connectivity index (χ3n) is 1.69. The Morgan fingerprint density at radius 3 is 2.20 bits per heavy atom. The summed E-state index contributed by atoms with van der Waals surface area (Å²) in [6.07, 6.45) is 2.28. The van der Waals surface area contributed by atoms with Crippen LogP contribution in [-0.2, 0) is 0 Å². The summed E-state index contributed by atoms with van der Waals surface area (Å²) in [5.41, 5.74) is 1.48. The Labute approximate surface area is 64.7 Å². The Kier molecular flexibility index (Phi) is 4.37. The summed E-state index contributed by atoms with van der Waals surface area (Å²) in [5.74, 6) is 0.694. The largest absolute Gasteiger partial charge is 0.306 e. The molecule has 0 spiro atoms. The normalized spacial score (nSPS) is 13.3. The highest BCUT2D eigenvalue weighted by Crippen LogP contribution is 2.06. The van der Waals surface area contributed by atoms with Crippen LogP contribution in [0.25, 0.3) is 0 Å². The molecule has 0 atom stereocenters. The van der Waals surface area contributed by atoms with Crippen LogP contribution >= 0.6 is 0 Å². The molecule has 10 heavy (non-hydrogen) atoms. The number of nitrogens with zero attached hydrogens (tertiary/aromatic N) is 1. The molecule has 0 heterocycles. The Morgan fingerprint density at radius 1 is 1.40 bits per heavy atom. The molecule has 0 saturated heterocycles. The molecule has 0 aliphatic carbocycles. The minimum absolute atomic E-state index is 0.694. The van der Waals surface area contributed by atoms with Crippen molar-refractivity contribution in [2.24, 2.45) is 5.92 Å². The number of allylic oxidation sites excluding steroid dienone is 1. The third-order valence-corrected chi connectivity index (χ3v) is 1.69. The fourth-order valence-electron chi connectivity index (χ4n) is 0.562. The molecule has 0 aromatic heterocycles. The van der Waals surface area contributed by atoms with E-state index in [0.717, 1.165) is 6.54 Å². The van der Waals surface area contributed by atoms with E-state index in [1.807, 2.05) is 0 Å². The summed E-state index contributed by atoms with van der Waals surface area (Å²) in [5, 5.41) is 0. The molecule has 0 aliphatic rings. The number of likely N-dealkylation sites (N-methyl/N-ethyl adjacent to an activating group) is 1. The van der Waals surface area contributed by atoms with Crippen molar-refractivity contribution in [3.05, 3.63) is 11.6 Å². The lowest BCUT2D eigenvalue weighted by atomic mass is 10.1. The fourth-order valence-corrected chi connectivity index (χ4v) is 0.562. The monoisotopic (exact) mass is 141 g/mol. The van der Waals surface area contributed by atoms with Gasteiger partial charge in [0.1, 0.15) is 0 Å². The second-order valence-electron chi connectivity index (χ2n) is 3.37. The molecule has 0 rings (SSSR count). The van der Waals surface area contributed by atoms with Gasteiger partial charge in [-0.25, -0.2) is 0 Å². The maximum Gasteiger partial charge on any atom is 0.0159 e. The Balaban J connectivity index is 3.69. The van der Waals surface area contributed by atoms with Gasteiger partial charge in [-0.1, -0.05) is 25.5 Å². The first-order chi connectivity index (χ1) is 4.54. The third kappa shape index (κ3) is 4.57. The first kappa shape index (κ1) is 9.70. The molecule has 1 nitrogen and oxygen atoms in total. The van der Waals surface area contributed by atoms with Crippen LogP contribution in [0.1, 0.15) is 20.8 Å². The lowest BCUT2D eigenvalue weighted by Crippen LogP contribution is -2.11. The molecule has 0 aromatic rings. The molecule has 0 aliphatic heterocycles. The van der Waals surface area contributed by atoms with Crippen LogP contribution in [0.2, 0.25) is 0 Å². The predicted octanol–water partition coefficient (Wildman–Crippen LogP) is 2.15. The van der Waals surface area contributed by atoms with Crippen molar-refractivity contribution in [2.45, 2.75) is 20.8 Å². The van der Waals surface area contributed by atoms with Crippen LogP contribution in [-0.4, -0.2) is 25.5 Å². The molecule has 1 heteroatoms. The summed E-state index contributed by atoms with van der Waals surface area (Å²) in [7, 11) is 4.17. The molecule has 0 N–H and O–H groups in total. The van der Waals surface area contributed by atoms with E-state index in [1.54, 1.807) is 0 Å². The van der Waals surface area contributed by atoms with Gasteiger partial charge in [-0.2, -0.15) is 0 Å². The summed E-state index contributed by atoms with van der Waals surface area (Å²) in [6.45, 7) is 7.70. The highest BCUT2D eigenvalue weighted by atomic mass is 15.0. The van der Waals surface area contributed by atoms with Gasteiger partial charge < -0.3 is 4.90 Å². The van der Waals surface area contributed by atoms with Gasteiger partial charge in [-0.05, 0) is 26.9 Å². The zero-order valence-electron chi connectivity index (χ0n) is 7.81. The maximum absolute atomic E-state index is 2.28. The zero-order chi connectivity index (χ0) is 8.15. The average Bonchev–Trinajstić information content (AvgIpc) is 1.82. The molecule has 0 radical (unpaired) electrons. The van der Waals surface area contributed by atoms with Gasteiger partial charge >= 0.3 is 0 Å². The van der Waals surface area contributed by atoms with Gasteiger partial charge in [0.25, 0.3) is 0 Å². The van der Waals surface area contributed by atoms with Crippen molar-refractivity contribution in [1.82, 2.24) is 4.90 Å². The summed E-state index contributed by atoms with van der Waals surface area (Å²) in [6, 6.07) is 0. The molecule has 0 saturated carbocycles. The van der Waals surface area contributed by atoms with Crippen molar-refractivity contribution >= 4 is 0 Å². The molecule has 0 bridgehead atoms. The topological polar surface area (TPSA) is 3.24 Å². The van der Waals surface area contributed by atoms with Crippen molar-refractivity contribution in [1.29, 1.82) is 0 Å². The summed E-state index contributed by atoms with van der Waals surface area (Å²) < 4.78 is 0. The number of rotatable bonds is 3. The van der Waals surface area contributed by atoms with E-state index in [1.165, 1.54) is 5.57 Å². The summed E-state index contributed by atoms with van der Waals surface area (Å²) >= 11 is 0. The minimum Gasteiger partial charge on any atom is -0.306 e. The molecule has 60 valence electrons. The second-order valence-corrected chi connectivity index (χ2v) is 3.37. The van der Waals surface area contributed by atoms with E-state index in [0.29, 0.717) is 5.92 Å². The van der Waals surface area contributed by atoms with E-state index in [4.69, 9.17) is 0 Å². The SMILES string of the molecule is C/C(=C\CN(C)C)C(C)C. The standard InChI is InChI=1S/C9H19N/c1-8(2)9(3)6-7-10(4)5/h6,8H,7H2,1-5H3/b9-6+. The minimum atomic E-state index is 0.694. The van der Waals surface area contributed by atoms with Crippen LogP contribution in [0.4, 0.5) is 0 Å². The maximum atomic E-state index is 2.28. The van der Waals surface area contributed by atoms with Gasteiger partial charge in [0, 0.05) is 6.54 Å².